The molecule has 1 heterocycles. The highest BCUT2D eigenvalue weighted by atomic mass is 16.7. The number of ether oxygens (including phenoxy) is 3. The van der Waals surface area contributed by atoms with E-state index in [1.165, 1.54) is 0 Å². The smallest absolute Gasteiger partial charge is 0.231 e. The van der Waals surface area contributed by atoms with Crippen LogP contribution in [0.2, 0.25) is 0 Å². The van der Waals surface area contributed by atoms with Gasteiger partial charge < -0.3 is 19.1 Å². The van der Waals surface area contributed by atoms with Gasteiger partial charge in [-0.15, -0.1) is 0 Å². The fourth-order valence-corrected chi connectivity index (χ4v) is 2.84. The van der Waals surface area contributed by atoms with Crippen LogP contribution < -0.4 is 14.2 Å². The zero-order valence-corrected chi connectivity index (χ0v) is 14.7. The van der Waals surface area contributed by atoms with Gasteiger partial charge >= 0.3 is 0 Å². The zero-order valence-electron chi connectivity index (χ0n) is 14.7. The van der Waals surface area contributed by atoms with E-state index < -0.39 is 0 Å². The molecule has 5 nitrogen and oxygen atoms in total. The Morgan fingerprint density at radius 1 is 1.08 bits per heavy atom. The molecule has 0 aromatic heterocycles. The number of carbonyl (C=O) groups is 1. The van der Waals surface area contributed by atoms with Crippen LogP contribution in [-0.2, 0) is 17.8 Å². The first-order valence-electron chi connectivity index (χ1n) is 8.49. The number of methoxy groups -OCH3 is 1. The van der Waals surface area contributed by atoms with Gasteiger partial charge in [-0.3, -0.25) is 4.79 Å². The standard InChI is InChI=1S/C20H23NO4/c1-3-21(13-16-6-10-18-19(12-16)25-14-24-18)20(22)11-7-15-4-8-17(23-2)9-5-15/h4-6,8-10,12H,3,7,11,13-14H2,1-2H3. The summed E-state index contributed by atoms with van der Waals surface area (Å²) in [6.45, 7) is 3.51. The number of nitrogens with zero attached hydrogens (tertiary/aromatic N) is 1. The lowest BCUT2D eigenvalue weighted by molar-refractivity contribution is -0.131. The molecule has 0 atom stereocenters. The molecule has 0 saturated carbocycles. The SMILES string of the molecule is CCN(Cc1ccc2c(c1)OCO2)C(=O)CCc1ccc(OC)cc1. The van der Waals surface area contributed by atoms with Crippen LogP contribution in [0.1, 0.15) is 24.5 Å². The topological polar surface area (TPSA) is 48.0 Å². The highest BCUT2D eigenvalue weighted by molar-refractivity contribution is 5.76. The Hall–Kier alpha value is -2.69. The Labute approximate surface area is 148 Å². The molecule has 0 fully saturated rings. The highest BCUT2D eigenvalue weighted by Gasteiger charge is 2.16. The van der Waals surface area contributed by atoms with Crippen molar-refractivity contribution in [3.63, 3.8) is 0 Å². The fourth-order valence-electron chi connectivity index (χ4n) is 2.84. The third-order valence-corrected chi connectivity index (χ3v) is 4.33. The Morgan fingerprint density at radius 2 is 1.80 bits per heavy atom. The van der Waals surface area contributed by atoms with Gasteiger partial charge in [0.25, 0.3) is 0 Å². The summed E-state index contributed by atoms with van der Waals surface area (Å²) in [5.41, 5.74) is 2.18. The van der Waals surface area contributed by atoms with Crippen molar-refractivity contribution >= 4 is 5.91 Å². The molecular weight excluding hydrogens is 318 g/mol. The minimum Gasteiger partial charge on any atom is -0.497 e. The summed E-state index contributed by atoms with van der Waals surface area (Å²) in [7, 11) is 1.65. The number of carbonyl (C=O) groups excluding carboxylic acids is 1. The average Bonchev–Trinajstić information content (AvgIpc) is 3.12. The van der Waals surface area contributed by atoms with Crippen molar-refractivity contribution in [1.29, 1.82) is 0 Å². The van der Waals surface area contributed by atoms with E-state index in [4.69, 9.17) is 14.2 Å². The summed E-state index contributed by atoms with van der Waals surface area (Å²) in [6.07, 6.45) is 1.21. The summed E-state index contributed by atoms with van der Waals surface area (Å²) in [4.78, 5) is 14.4. The van der Waals surface area contributed by atoms with Gasteiger partial charge in [-0.25, -0.2) is 0 Å². The maximum absolute atomic E-state index is 12.6. The van der Waals surface area contributed by atoms with E-state index in [0.29, 0.717) is 19.5 Å². The quantitative estimate of drug-likeness (QED) is 0.774. The first-order valence-corrected chi connectivity index (χ1v) is 8.49. The summed E-state index contributed by atoms with van der Waals surface area (Å²) in [5.74, 6) is 2.49. The van der Waals surface area contributed by atoms with Crippen LogP contribution >= 0.6 is 0 Å². The van der Waals surface area contributed by atoms with E-state index in [2.05, 4.69) is 0 Å². The number of hydrogen-bond acceptors (Lipinski definition) is 4. The van der Waals surface area contributed by atoms with E-state index in [1.54, 1.807) is 7.11 Å². The first kappa shape index (κ1) is 17.1. The van der Waals surface area contributed by atoms with Crippen LogP contribution in [0.3, 0.4) is 0 Å². The second-order valence-electron chi connectivity index (χ2n) is 5.94. The van der Waals surface area contributed by atoms with Crippen molar-refractivity contribution < 1.29 is 19.0 Å². The minimum atomic E-state index is 0.149. The number of aryl methyl sites for hydroxylation is 1. The van der Waals surface area contributed by atoms with E-state index >= 15 is 0 Å². The molecule has 0 radical (unpaired) electrons. The van der Waals surface area contributed by atoms with Crippen molar-refractivity contribution in [1.82, 2.24) is 4.90 Å². The average molecular weight is 341 g/mol. The first-order chi connectivity index (χ1) is 12.2. The molecule has 0 saturated heterocycles. The Balaban J connectivity index is 1.57. The van der Waals surface area contributed by atoms with Crippen LogP contribution in [0.25, 0.3) is 0 Å². The summed E-state index contributed by atoms with van der Waals surface area (Å²) >= 11 is 0. The molecule has 1 amide bonds. The number of benzene rings is 2. The molecular formula is C20H23NO4. The summed E-state index contributed by atoms with van der Waals surface area (Å²) < 4.78 is 15.9. The number of fused-ring (bicyclic) bond motifs is 1. The maximum Gasteiger partial charge on any atom is 0.231 e. The predicted octanol–water partition coefficient (Wildman–Crippen LogP) is 3.41. The van der Waals surface area contributed by atoms with Crippen molar-refractivity contribution in [2.45, 2.75) is 26.3 Å². The molecule has 0 aliphatic carbocycles. The molecule has 132 valence electrons. The molecule has 3 rings (SSSR count). The molecule has 2 aromatic carbocycles. The second-order valence-corrected chi connectivity index (χ2v) is 5.94. The van der Waals surface area contributed by atoms with Crippen LogP contribution in [0.4, 0.5) is 0 Å². The lowest BCUT2D eigenvalue weighted by atomic mass is 10.1. The normalized spacial score (nSPS) is 12.1. The van der Waals surface area contributed by atoms with Crippen molar-refractivity contribution in [2.75, 3.05) is 20.4 Å². The minimum absolute atomic E-state index is 0.149. The lowest BCUT2D eigenvalue weighted by Gasteiger charge is -2.21. The van der Waals surface area contributed by atoms with Crippen molar-refractivity contribution in [2.24, 2.45) is 0 Å². The van der Waals surface area contributed by atoms with Gasteiger partial charge in [0.15, 0.2) is 11.5 Å². The molecule has 0 unspecified atom stereocenters. The Bertz CT molecular complexity index is 727. The lowest BCUT2D eigenvalue weighted by Crippen LogP contribution is -2.30. The zero-order chi connectivity index (χ0) is 17.6. The molecule has 1 aliphatic rings. The van der Waals surface area contributed by atoms with Gasteiger partial charge in [0.1, 0.15) is 5.75 Å². The largest absolute Gasteiger partial charge is 0.497 e. The molecule has 0 spiro atoms. The third kappa shape index (κ3) is 4.24. The molecule has 0 N–H and O–H groups in total. The van der Waals surface area contributed by atoms with E-state index in [1.807, 2.05) is 54.3 Å². The Morgan fingerprint density at radius 3 is 2.52 bits per heavy atom. The maximum atomic E-state index is 12.6. The number of amides is 1. The molecule has 5 heteroatoms. The van der Waals surface area contributed by atoms with Gasteiger partial charge in [-0.05, 0) is 48.7 Å². The fraction of sp³-hybridized carbons (Fsp3) is 0.350. The van der Waals surface area contributed by atoms with Gasteiger partial charge in [0.05, 0.1) is 7.11 Å². The van der Waals surface area contributed by atoms with Gasteiger partial charge in [0, 0.05) is 19.5 Å². The highest BCUT2D eigenvalue weighted by Crippen LogP contribution is 2.32. The van der Waals surface area contributed by atoms with E-state index in [-0.39, 0.29) is 12.7 Å². The molecule has 2 aromatic rings. The molecule has 0 bridgehead atoms. The van der Waals surface area contributed by atoms with Crippen LogP contribution in [0.15, 0.2) is 42.5 Å². The molecule has 1 aliphatic heterocycles. The monoisotopic (exact) mass is 341 g/mol. The van der Waals surface area contributed by atoms with Crippen LogP contribution in [0, 0.1) is 0 Å². The predicted molar refractivity (Wildman–Crippen MR) is 95.0 cm³/mol. The van der Waals surface area contributed by atoms with Crippen molar-refractivity contribution in [3.8, 4) is 17.2 Å². The molecule has 25 heavy (non-hydrogen) atoms. The van der Waals surface area contributed by atoms with E-state index in [9.17, 15) is 4.79 Å². The van der Waals surface area contributed by atoms with Crippen molar-refractivity contribution in [3.05, 3.63) is 53.6 Å². The Kier molecular flexibility index (Phi) is 5.43. The number of rotatable bonds is 7. The van der Waals surface area contributed by atoms with E-state index in [0.717, 1.165) is 34.8 Å². The van der Waals surface area contributed by atoms with Gasteiger partial charge in [-0.2, -0.15) is 0 Å². The summed E-state index contributed by atoms with van der Waals surface area (Å²) in [5, 5.41) is 0. The van der Waals surface area contributed by atoms with Gasteiger partial charge in [-0.1, -0.05) is 18.2 Å². The van der Waals surface area contributed by atoms with Crippen LogP contribution in [-0.4, -0.2) is 31.3 Å². The summed E-state index contributed by atoms with van der Waals surface area (Å²) in [6, 6.07) is 13.7. The number of hydrogen-bond donors (Lipinski definition) is 0. The third-order valence-electron chi connectivity index (χ3n) is 4.33. The van der Waals surface area contributed by atoms with Crippen LogP contribution in [0.5, 0.6) is 17.2 Å². The van der Waals surface area contributed by atoms with Gasteiger partial charge in [0.2, 0.25) is 12.7 Å². The second kappa shape index (κ2) is 7.92.